The molecule has 0 saturated carbocycles. The van der Waals surface area contributed by atoms with Gasteiger partial charge in [0.25, 0.3) is 0 Å². The molecular weight excluding hydrogens is 518 g/mol. The lowest BCUT2D eigenvalue weighted by Crippen LogP contribution is -2.01. The number of phenolic OH excluding ortho intramolecular Hbond substituents is 3. The molecule has 0 spiro atoms. The third-order valence-corrected chi connectivity index (χ3v) is 7.85. The van der Waals surface area contributed by atoms with Crippen LogP contribution < -0.4 is 14.2 Å². The van der Waals surface area contributed by atoms with E-state index in [1.807, 2.05) is 36.4 Å². The summed E-state index contributed by atoms with van der Waals surface area (Å²) in [7, 11) is 4.63. The number of aromatic hydroxyl groups is 3. The van der Waals surface area contributed by atoms with Gasteiger partial charge in [-0.15, -0.1) is 0 Å². The van der Waals surface area contributed by atoms with E-state index >= 15 is 0 Å². The Morgan fingerprint density at radius 2 is 1.02 bits per heavy atom. The normalized spacial score (nSPS) is 15.7. The number of phenols is 3. The third kappa shape index (κ3) is 4.73. The SMILES string of the molecule is COc1cc(/C=C2\CCc3c2nc2c(c3-c3ccc(O)c(OC)c3)CC/C2=C\c2ccc(O)c(OC)c2)ccc1O. The standard InChI is InChI=1S/C34H31NO6/c1-39-29-16-19(4-11-26(29)36)14-22-6-9-24-32(21-8-13-28(38)31(18-21)41-3)25-10-7-23(34(25)35-33(22)24)15-20-5-12-27(37)30(17-20)40-2/h4-5,8,11-18,36-38H,6-7,9-10H2,1-3H3/b22-14+,23-15+. The molecular formula is C34H31NO6. The Morgan fingerprint density at radius 1 is 0.585 bits per heavy atom. The third-order valence-electron chi connectivity index (χ3n) is 7.85. The molecule has 0 saturated heterocycles. The van der Waals surface area contributed by atoms with Crippen LogP contribution in [0.25, 0.3) is 34.4 Å². The van der Waals surface area contributed by atoms with Crippen molar-refractivity contribution < 1.29 is 29.5 Å². The zero-order valence-electron chi connectivity index (χ0n) is 23.2. The number of pyridine rings is 1. The number of aromatic nitrogens is 1. The van der Waals surface area contributed by atoms with Crippen molar-refractivity contribution >= 4 is 23.3 Å². The van der Waals surface area contributed by atoms with E-state index in [2.05, 4.69) is 12.2 Å². The molecule has 0 bridgehead atoms. The van der Waals surface area contributed by atoms with Crippen LogP contribution in [0.2, 0.25) is 0 Å². The number of ether oxygens (including phenoxy) is 3. The minimum absolute atomic E-state index is 0.0987. The number of nitrogens with zero attached hydrogens (tertiary/aromatic N) is 1. The number of benzene rings is 3. The van der Waals surface area contributed by atoms with Gasteiger partial charge in [-0.1, -0.05) is 18.2 Å². The van der Waals surface area contributed by atoms with E-state index in [1.165, 1.54) is 25.3 Å². The molecule has 6 rings (SSSR count). The van der Waals surface area contributed by atoms with E-state index in [9.17, 15) is 15.3 Å². The number of methoxy groups -OCH3 is 3. The molecule has 2 aliphatic carbocycles. The average molecular weight is 550 g/mol. The highest BCUT2D eigenvalue weighted by molar-refractivity contribution is 5.94. The zero-order chi connectivity index (χ0) is 28.7. The van der Waals surface area contributed by atoms with Gasteiger partial charge >= 0.3 is 0 Å². The van der Waals surface area contributed by atoms with E-state index in [1.54, 1.807) is 25.3 Å². The molecule has 0 atom stereocenters. The highest BCUT2D eigenvalue weighted by atomic mass is 16.5. The van der Waals surface area contributed by atoms with Crippen LogP contribution in [-0.2, 0) is 12.8 Å². The van der Waals surface area contributed by atoms with Crippen LogP contribution in [0, 0.1) is 0 Å². The number of hydrogen-bond donors (Lipinski definition) is 3. The van der Waals surface area contributed by atoms with Gasteiger partial charge in [-0.2, -0.15) is 0 Å². The molecule has 2 aliphatic rings. The van der Waals surface area contributed by atoms with Gasteiger partial charge in [0.1, 0.15) is 0 Å². The van der Waals surface area contributed by atoms with E-state index in [4.69, 9.17) is 19.2 Å². The second kappa shape index (κ2) is 10.6. The largest absolute Gasteiger partial charge is 0.504 e. The smallest absolute Gasteiger partial charge is 0.161 e. The fraction of sp³-hybridized carbons (Fsp3) is 0.206. The van der Waals surface area contributed by atoms with E-state index in [-0.39, 0.29) is 17.2 Å². The van der Waals surface area contributed by atoms with Gasteiger partial charge in [0.2, 0.25) is 0 Å². The lowest BCUT2D eigenvalue weighted by atomic mass is 9.92. The maximum Gasteiger partial charge on any atom is 0.161 e. The molecule has 3 aromatic carbocycles. The quantitative estimate of drug-likeness (QED) is 0.241. The summed E-state index contributed by atoms with van der Waals surface area (Å²) >= 11 is 0. The summed E-state index contributed by atoms with van der Waals surface area (Å²) in [6.07, 6.45) is 7.54. The molecule has 0 aliphatic heterocycles. The van der Waals surface area contributed by atoms with Gasteiger partial charge in [-0.3, -0.25) is 0 Å². The maximum absolute atomic E-state index is 10.3. The van der Waals surface area contributed by atoms with Crippen LogP contribution in [0.4, 0.5) is 0 Å². The first-order valence-electron chi connectivity index (χ1n) is 13.5. The van der Waals surface area contributed by atoms with E-state index in [0.29, 0.717) is 17.2 Å². The van der Waals surface area contributed by atoms with Gasteiger partial charge in [-0.25, -0.2) is 4.98 Å². The van der Waals surface area contributed by atoms with Crippen LogP contribution in [0.3, 0.4) is 0 Å². The van der Waals surface area contributed by atoms with Crippen LogP contribution in [0.5, 0.6) is 34.5 Å². The molecule has 41 heavy (non-hydrogen) atoms. The summed E-state index contributed by atoms with van der Waals surface area (Å²) in [6.45, 7) is 0. The highest BCUT2D eigenvalue weighted by Crippen LogP contribution is 2.47. The van der Waals surface area contributed by atoms with Crippen LogP contribution in [0.1, 0.15) is 46.5 Å². The summed E-state index contributed by atoms with van der Waals surface area (Å²) in [5, 5.41) is 30.4. The molecule has 1 aromatic heterocycles. The molecule has 3 N–H and O–H groups in total. The molecule has 0 radical (unpaired) electrons. The zero-order valence-corrected chi connectivity index (χ0v) is 23.2. The minimum Gasteiger partial charge on any atom is -0.504 e. The average Bonchev–Trinajstić information content (AvgIpc) is 3.57. The summed E-state index contributed by atoms with van der Waals surface area (Å²) in [5.41, 5.74) is 10.5. The number of fused-ring (bicyclic) bond motifs is 2. The fourth-order valence-corrected chi connectivity index (χ4v) is 5.87. The summed E-state index contributed by atoms with van der Waals surface area (Å²) in [6, 6.07) is 16.2. The first-order chi connectivity index (χ1) is 19.9. The lowest BCUT2D eigenvalue weighted by Gasteiger charge is -2.16. The van der Waals surface area contributed by atoms with Crippen LogP contribution >= 0.6 is 0 Å². The lowest BCUT2D eigenvalue weighted by molar-refractivity contribution is 0.373. The maximum atomic E-state index is 10.3. The predicted molar refractivity (Wildman–Crippen MR) is 160 cm³/mol. The summed E-state index contributed by atoms with van der Waals surface area (Å²) in [5.74, 6) is 1.57. The van der Waals surface area contributed by atoms with Crippen molar-refractivity contribution in [2.45, 2.75) is 25.7 Å². The molecule has 4 aromatic rings. The minimum atomic E-state index is 0.0987. The van der Waals surface area contributed by atoms with Crippen molar-refractivity contribution in [2.24, 2.45) is 0 Å². The molecule has 0 unspecified atom stereocenters. The van der Waals surface area contributed by atoms with Crippen LogP contribution in [-0.4, -0.2) is 41.6 Å². The number of rotatable bonds is 6. The molecule has 0 fully saturated rings. The summed E-state index contributed by atoms with van der Waals surface area (Å²) in [4.78, 5) is 5.28. The summed E-state index contributed by atoms with van der Waals surface area (Å²) < 4.78 is 16.1. The van der Waals surface area contributed by atoms with Crippen molar-refractivity contribution in [1.29, 1.82) is 0 Å². The number of allylic oxidation sites excluding steroid dienone is 2. The molecule has 7 heteroatoms. The predicted octanol–water partition coefficient (Wildman–Crippen LogP) is 6.86. The Balaban J connectivity index is 1.54. The van der Waals surface area contributed by atoms with Gasteiger partial charge in [0.05, 0.1) is 32.7 Å². The molecule has 1 heterocycles. The Hall–Kier alpha value is -4.91. The van der Waals surface area contributed by atoms with E-state index in [0.717, 1.165) is 70.5 Å². The van der Waals surface area contributed by atoms with Gasteiger partial charge in [-0.05, 0) is 119 Å². The van der Waals surface area contributed by atoms with Crippen molar-refractivity contribution in [3.63, 3.8) is 0 Å². The Bertz CT molecular complexity index is 1640. The second-order valence-electron chi connectivity index (χ2n) is 10.2. The number of hydrogen-bond acceptors (Lipinski definition) is 7. The highest BCUT2D eigenvalue weighted by Gasteiger charge is 2.31. The molecule has 7 nitrogen and oxygen atoms in total. The van der Waals surface area contributed by atoms with Gasteiger partial charge in [0.15, 0.2) is 34.5 Å². The molecule has 208 valence electrons. The van der Waals surface area contributed by atoms with Gasteiger partial charge in [0, 0.05) is 0 Å². The van der Waals surface area contributed by atoms with Gasteiger partial charge < -0.3 is 29.5 Å². The molecule has 0 amide bonds. The monoisotopic (exact) mass is 549 g/mol. The van der Waals surface area contributed by atoms with Crippen molar-refractivity contribution in [3.8, 4) is 45.6 Å². The van der Waals surface area contributed by atoms with Crippen molar-refractivity contribution in [3.05, 3.63) is 88.2 Å². The first-order valence-corrected chi connectivity index (χ1v) is 13.5. The Labute approximate surface area is 238 Å². The van der Waals surface area contributed by atoms with Crippen LogP contribution in [0.15, 0.2) is 54.6 Å². The Kier molecular flexibility index (Phi) is 6.79. The Morgan fingerprint density at radius 3 is 1.49 bits per heavy atom. The van der Waals surface area contributed by atoms with Crippen molar-refractivity contribution in [2.75, 3.05) is 21.3 Å². The fourth-order valence-electron chi connectivity index (χ4n) is 5.87. The first kappa shape index (κ1) is 26.3. The second-order valence-corrected chi connectivity index (χ2v) is 10.2. The van der Waals surface area contributed by atoms with E-state index < -0.39 is 0 Å². The van der Waals surface area contributed by atoms with Crippen molar-refractivity contribution in [1.82, 2.24) is 4.98 Å². The topological polar surface area (TPSA) is 101 Å².